The van der Waals surface area contributed by atoms with Crippen LogP contribution in [0, 0.1) is 6.92 Å². The molecule has 1 unspecified atom stereocenters. The smallest absolute Gasteiger partial charge is 0.262 e. The predicted molar refractivity (Wildman–Crippen MR) is 96.2 cm³/mol. The first-order valence-corrected chi connectivity index (χ1v) is 7.77. The zero-order valence-corrected chi connectivity index (χ0v) is 13.6. The number of amides is 1. The number of furan rings is 1. The molecule has 122 valence electrons. The van der Waals surface area contributed by atoms with Gasteiger partial charge in [0.25, 0.3) is 5.91 Å². The molecule has 1 atom stereocenters. The number of carbonyl (C=O) groups excluding carboxylic acids is 1. The van der Waals surface area contributed by atoms with Crippen molar-refractivity contribution in [2.24, 2.45) is 5.10 Å². The number of nitrogens with one attached hydrogen (secondary N) is 2. The van der Waals surface area contributed by atoms with Crippen LogP contribution in [0.2, 0.25) is 0 Å². The van der Waals surface area contributed by atoms with E-state index in [1.54, 1.807) is 13.0 Å². The summed E-state index contributed by atoms with van der Waals surface area (Å²) in [7, 11) is 0. The fourth-order valence-electron chi connectivity index (χ4n) is 2.43. The predicted octanol–water partition coefficient (Wildman–Crippen LogP) is 3.69. The topological polar surface area (TPSA) is 66.6 Å². The Morgan fingerprint density at radius 1 is 1.12 bits per heavy atom. The number of hydrogen-bond acceptors (Lipinski definition) is 4. The normalized spacial score (nSPS) is 12.4. The number of rotatable bonds is 5. The van der Waals surface area contributed by atoms with Gasteiger partial charge in [0, 0.05) is 11.1 Å². The lowest BCUT2D eigenvalue weighted by Crippen LogP contribution is -2.34. The van der Waals surface area contributed by atoms with Crippen LogP contribution in [0.4, 0.5) is 5.69 Å². The van der Waals surface area contributed by atoms with Crippen LogP contribution in [-0.2, 0) is 4.79 Å². The molecular weight excluding hydrogens is 302 g/mol. The van der Waals surface area contributed by atoms with Gasteiger partial charge >= 0.3 is 0 Å². The third-order valence-corrected chi connectivity index (χ3v) is 3.68. The van der Waals surface area contributed by atoms with E-state index in [4.69, 9.17) is 4.42 Å². The van der Waals surface area contributed by atoms with Crippen molar-refractivity contribution in [3.63, 3.8) is 0 Å². The quantitative estimate of drug-likeness (QED) is 0.556. The average molecular weight is 321 g/mol. The molecule has 3 aromatic rings. The van der Waals surface area contributed by atoms with E-state index in [0.717, 1.165) is 22.2 Å². The number of carbonyl (C=O) groups is 1. The van der Waals surface area contributed by atoms with E-state index in [9.17, 15) is 4.79 Å². The Labute approximate surface area is 140 Å². The minimum atomic E-state index is -0.425. The summed E-state index contributed by atoms with van der Waals surface area (Å²) in [6, 6.07) is 17.2. The second-order valence-corrected chi connectivity index (χ2v) is 5.58. The summed E-state index contributed by atoms with van der Waals surface area (Å²) < 4.78 is 5.35. The van der Waals surface area contributed by atoms with Gasteiger partial charge in [-0.1, -0.05) is 36.4 Å². The lowest BCUT2D eigenvalue weighted by molar-refractivity contribution is -0.121. The zero-order valence-electron chi connectivity index (χ0n) is 13.6. The number of aryl methyl sites for hydroxylation is 1. The highest BCUT2D eigenvalue weighted by Gasteiger charge is 2.13. The van der Waals surface area contributed by atoms with Crippen LogP contribution < -0.4 is 10.7 Å². The van der Waals surface area contributed by atoms with Gasteiger partial charge in [-0.05, 0) is 37.4 Å². The Bertz CT molecular complexity index is 878. The van der Waals surface area contributed by atoms with Gasteiger partial charge in [0.2, 0.25) is 0 Å². The highest BCUT2D eigenvalue weighted by Crippen LogP contribution is 2.23. The highest BCUT2D eigenvalue weighted by atomic mass is 16.3. The molecule has 0 bridgehead atoms. The second-order valence-electron chi connectivity index (χ2n) is 5.58. The molecule has 3 rings (SSSR count). The molecule has 0 fully saturated rings. The number of nitrogens with zero attached hydrogens (tertiary/aromatic N) is 1. The summed E-state index contributed by atoms with van der Waals surface area (Å²) in [5.41, 5.74) is 3.43. The largest absolute Gasteiger partial charge is 0.460 e. The van der Waals surface area contributed by atoms with Gasteiger partial charge in [-0.15, -0.1) is 0 Å². The molecular formula is C19H19N3O2. The molecule has 0 radical (unpaired) electrons. The molecule has 5 heteroatoms. The van der Waals surface area contributed by atoms with Gasteiger partial charge in [0.15, 0.2) is 0 Å². The van der Waals surface area contributed by atoms with E-state index in [1.807, 2.05) is 55.5 Å². The summed E-state index contributed by atoms with van der Waals surface area (Å²) >= 11 is 0. The maximum atomic E-state index is 12.2. The van der Waals surface area contributed by atoms with Gasteiger partial charge in [0.1, 0.15) is 17.6 Å². The monoisotopic (exact) mass is 321 g/mol. The van der Waals surface area contributed by atoms with Crippen LogP contribution in [0.15, 0.2) is 64.1 Å². The van der Waals surface area contributed by atoms with Gasteiger partial charge in [0.05, 0.1) is 6.21 Å². The number of benzene rings is 2. The molecule has 1 heterocycles. The molecule has 0 aliphatic rings. The molecule has 24 heavy (non-hydrogen) atoms. The first-order chi connectivity index (χ1) is 11.6. The summed E-state index contributed by atoms with van der Waals surface area (Å²) in [5.74, 6) is 1.18. The minimum absolute atomic E-state index is 0.220. The number of fused-ring (bicyclic) bond motifs is 1. The fourth-order valence-corrected chi connectivity index (χ4v) is 2.43. The zero-order chi connectivity index (χ0) is 16.9. The first-order valence-electron chi connectivity index (χ1n) is 7.77. The Balaban J connectivity index is 1.64. The standard InChI is InChI=1S/C19H19N3O2/c1-13-10-11-16(24-13)12-20-22-19(23)14(2)21-18-9-5-7-15-6-3-4-8-17(15)18/h3-12,14,21H,1-2H3,(H,22,23). The van der Waals surface area contributed by atoms with Crippen molar-refractivity contribution in [2.45, 2.75) is 19.9 Å². The molecule has 0 saturated heterocycles. The van der Waals surface area contributed by atoms with E-state index in [2.05, 4.69) is 15.8 Å². The van der Waals surface area contributed by atoms with Crippen LogP contribution >= 0.6 is 0 Å². The molecule has 2 aromatic carbocycles. The first kappa shape index (κ1) is 15.8. The van der Waals surface area contributed by atoms with Crippen LogP contribution in [-0.4, -0.2) is 18.2 Å². The number of anilines is 1. The Morgan fingerprint density at radius 2 is 1.92 bits per heavy atom. The van der Waals surface area contributed by atoms with Crippen molar-refractivity contribution in [3.8, 4) is 0 Å². The van der Waals surface area contributed by atoms with Crippen LogP contribution in [0.3, 0.4) is 0 Å². The number of hydrogen-bond donors (Lipinski definition) is 2. The van der Waals surface area contributed by atoms with Crippen molar-refractivity contribution in [3.05, 3.63) is 66.1 Å². The van der Waals surface area contributed by atoms with Crippen molar-refractivity contribution in [2.75, 3.05) is 5.32 Å². The van der Waals surface area contributed by atoms with Crippen LogP contribution in [0.5, 0.6) is 0 Å². The summed E-state index contributed by atoms with van der Waals surface area (Å²) in [5, 5.41) is 9.35. The SMILES string of the molecule is Cc1ccc(C=NNC(=O)C(C)Nc2cccc3ccccc23)o1. The Hall–Kier alpha value is -3.08. The maximum Gasteiger partial charge on any atom is 0.262 e. The van der Waals surface area contributed by atoms with Crippen molar-refractivity contribution in [1.82, 2.24) is 5.43 Å². The molecule has 0 aliphatic heterocycles. The highest BCUT2D eigenvalue weighted by molar-refractivity contribution is 5.96. The van der Waals surface area contributed by atoms with Crippen molar-refractivity contribution >= 4 is 28.6 Å². The molecule has 0 saturated carbocycles. The molecule has 1 aromatic heterocycles. The molecule has 2 N–H and O–H groups in total. The van der Waals surface area contributed by atoms with Crippen LogP contribution in [0.1, 0.15) is 18.4 Å². The lowest BCUT2D eigenvalue weighted by Gasteiger charge is -2.15. The van der Waals surface area contributed by atoms with Crippen molar-refractivity contribution in [1.29, 1.82) is 0 Å². The minimum Gasteiger partial charge on any atom is -0.460 e. The van der Waals surface area contributed by atoms with Crippen LogP contribution in [0.25, 0.3) is 10.8 Å². The van der Waals surface area contributed by atoms with Gasteiger partial charge in [-0.25, -0.2) is 5.43 Å². The van der Waals surface area contributed by atoms with E-state index >= 15 is 0 Å². The van der Waals surface area contributed by atoms with Gasteiger partial charge < -0.3 is 9.73 Å². The van der Waals surface area contributed by atoms with E-state index in [-0.39, 0.29) is 5.91 Å². The van der Waals surface area contributed by atoms with Crippen molar-refractivity contribution < 1.29 is 9.21 Å². The molecule has 1 amide bonds. The summed E-state index contributed by atoms with van der Waals surface area (Å²) in [4.78, 5) is 12.2. The average Bonchev–Trinajstić information content (AvgIpc) is 3.00. The third-order valence-electron chi connectivity index (χ3n) is 3.68. The number of hydrazone groups is 1. The Morgan fingerprint density at radius 3 is 2.71 bits per heavy atom. The molecule has 5 nitrogen and oxygen atoms in total. The summed E-state index contributed by atoms with van der Waals surface area (Å²) in [6.07, 6.45) is 1.48. The Kier molecular flexibility index (Phi) is 4.61. The lowest BCUT2D eigenvalue weighted by atomic mass is 10.1. The van der Waals surface area contributed by atoms with E-state index < -0.39 is 6.04 Å². The fraction of sp³-hybridized carbons (Fsp3) is 0.158. The summed E-state index contributed by atoms with van der Waals surface area (Å²) in [6.45, 7) is 3.65. The van der Waals surface area contributed by atoms with E-state index in [1.165, 1.54) is 6.21 Å². The third kappa shape index (κ3) is 3.63. The molecule has 0 aliphatic carbocycles. The second kappa shape index (κ2) is 7.00. The maximum absolute atomic E-state index is 12.2. The molecule has 0 spiro atoms. The van der Waals surface area contributed by atoms with Gasteiger partial charge in [-0.3, -0.25) is 4.79 Å². The van der Waals surface area contributed by atoms with E-state index in [0.29, 0.717) is 5.76 Å². The van der Waals surface area contributed by atoms with Gasteiger partial charge in [-0.2, -0.15) is 5.10 Å².